The van der Waals surface area contributed by atoms with Crippen LogP contribution < -0.4 is 10.6 Å². The van der Waals surface area contributed by atoms with E-state index >= 15 is 0 Å². The summed E-state index contributed by atoms with van der Waals surface area (Å²) in [6.45, 7) is 4.32. The van der Waals surface area contributed by atoms with Crippen LogP contribution in [0.3, 0.4) is 0 Å². The summed E-state index contributed by atoms with van der Waals surface area (Å²) >= 11 is 0. The lowest BCUT2D eigenvalue weighted by Gasteiger charge is -2.40. The van der Waals surface area contributed by atoms with E-state index in [2.05, 4.69) is 32.4 Å². The van der Waals surface area contributed by atoms with Gasteiger partial charge in [0.05, 0.1) is 25.0 Å². The number of aromatic nitrogens is 1. The Kier molecular flexibility index (Phi) is 5.50. The molecule has 4 rings (SSSR count). The van der Waals surface area contributed by atoms with Crippen LogP contribution in [0.25, 0.3) is 0 Å². The molecule has 0 radical (unpaired) electrons. The van der Waals surface area contributed by atoms with Crippen LogP contribution in [0.2, 0.25) is 0 Å². The van der Waals surface area contributed by atoms with Gasteiger partial charge in [0.25, 0.3) is 5.91 Å². The number of pyridine rings is 1. The van der Waals surface area contributed by atoms with Crippen LogP contribution in [0, 0.1) is 5.92 Å². The summed E-state index contributed by atoms with van der Waals surface area (Å²) in [6, 6.07) is 3.59. The van der Waals surface area contributed by atoms with Gasteiger partial charge in [-0.25, -0.2) is 4.98 Å². The first-order chi connectivity index (χ1) is 13.6. The maximum absolute atomic E-state index is 12.8. The average molecular weight is 383 g/mol. The number of carbonyl (C=O) groups is 2. The number of hydrogen-bond acceptors (Lipinski definition) is 6. The minimum absolute atomic E-state index is 0.0317. The average Bonchev–Trinajstić information content (AvgIpc) is 3.55. The second-order valence-electron chi connectivity index (χ2n) is 7.48. The van der Waals surface area contributed by atoms with Crippen molar-refractivity contribution in [1.29, 1.82) is 0 Å². The quantitative estimate of drug-likeness (QED) is 0.805. The van der Waals surface area contributed by atoms with E-state index in [9.17, 15) is 9.59 Å². The number of aliphatic imine (C=N–C) groups is 1. The zero-order chi connectivity index (χ0) is 19.5. The molecule has 2 fully saturated rings. The van der Waals surface area contributed by atoms with Gasteiger partial charge in [-0.05, 0) is 31.9 Å². The molecule has 3 heterocycles. The van der Waals surface area contributed by atoms with E-state index in [0.29, 0.717) is 24.6 Å². The van der Waals surface area contributed by atoms with E-state index < -0.39 is 0 Å². The van der Waals surface area contributed by atoms with Crippen LogP contribution in [0.1, 0.15) is 36.5 Å². The normalized spacial score (nSPS) is 25.1. The van der Waals surface area contributed by atoms with E-state index in [4.69, 9.17) is 4.74 Å². The summed E-state index contributed by atoms with van der Waals surface area (Å²) in [5.41, 5.74) is 1.23. The second-order valence-corrected chi connectivity index (χ2v) is 7.48. The highest BCUT2D eigenvalue weighted by molar-refractivity contribution is 5.98. The first-order valence-corrected chi connectivity index (χ1v) is 9.75. The number of nitrogens with zero attached hydrogens (tertiary/aromatic N) is 3. The third-order valence-electron chi connectivity index (χ3n) is 5.31. The SMILES string of the molecule is C[C@H]1COCCN1C1CC=NC=C1NC(=O)c1ccnc(NC(=O)C2CC2)c1. The third-order valence-corrected chi connectivity index (χ3v) is 5.31. The number of hydrogen-bond donors (Lipinski definition) is 2. The van der Waals surface area contributed by atoms with Gasteiger partial charge < -0.3 is 15.4 Å². The van der Waals surface area contributed by atoms with E-state index in [0.717, 1.165) is 31.5 Å². The van der Waals surface area contributed by atoms with E-state index in [1.165, 1.54) is 6.20 Å². The van der Waals surface area contributed by atoms with Crippen molar-refractivity contribution in [3.05, 3.63) is 35.8 Å². The van der Waals surface area contributed by atoms with Crippen LogP contribution in [0.5, 0.6) is 0 Å². The lowest BCUT2D eigenvalue weighted by molar-refractivity contribution is -0.117. The Labute approximate surface area is 164 Å². The Morgan fingerprint density at radius 3 is 2.93 bits per heavy atom. The van der Waals surface area contributed by atoms with Gasteiger partial charge in [-0.1, -0.05) is 0 Å². The van der Waals surface area contributed by atoms with Crippen LogP contribution >= 0.6 is 0 Å². The molecule has 28 heavy (non-hydrogen) atoms. The van der Waals surface area contributed by atoms with E-state index in [1.807, 2.05) is 6.21 Å². The molecule has 2 N–H and O–H groups in total. The molecule has 1 aliphatic carbocycles. The van der Waals surface area contributed by atoms with Gasteiger partial charge in [0.1, 0.15) is 5.82 Å². The molecule has 1 aromatic rings. The molecule has 148 valence electrons. The van der Waals surface area contributed by atoms with E-state index in [1.54, 1.807) is 18.3 Å². The first-order valence-electron chi connectivity index (χ1n) is 9.75. The molecule has 1 saturated heterocycles. The molecule has 2 atom stereocenters. The highest BCUT2D eigenvalue weighted by Crippen LogP contribution is 2.30. The number of rotatable bonds is 5. The molecule has 3 aliphatic rings. The van der Waals surface area contributed by atoms with Crippen molar-refractivity contribution in [1.82, 2.24) is 15.2 Å². The van der Waals surface area contributed by atoms with Gasteiger partial charge >= 0.3 is 0 Å². The summed E-state index contributed by atoms with van der Waals surface area (Å²) in [5.74, 6) is 0.216. The van der Waals surface area contributed by atoms with Crippen LogP contribution in [-0.2, 0) is 9.53 Å². The van der Waals surface area contributed by atoms with Crippen molar-refractivity contribution in [3.8, 4) is 0 Å². The zero-order valence-corrected chi connectivity index (χ0v) is 15.9. The Bertz CT molecular complexity index is 818. The number of nitrogens with one attached hydrogen (secondary N) is 2. The molecule has 2 aliphatic heterocycles. The molecule has 8 nitrogen and oxygen atoms in total. The third kappa shape index (κ3) is 4.28. The fourth-order valence-corrected chi connectivity index (χ4v) is 3.56. The number of ether oxygens (including phenoxy) is 1. The largest absolute Gasteiger partial charge is 0.379 e. The van der Waals surface area contributed by atoms with Gasteiger partial charge in [-0.15, -0.1) is 0 Å². The number of anilines is 1. The molecule has 0 spiro atoms. The molecular formula is C20H25N5O3. The Morgan fingerprint density at radius 1 is 1.29 bits per heavy atom. The molecule has 2 amide bonds. The number of amides is 2. The highest BCUT2D eigenvalue weighted by atomic mass is 16.5. The lowest BCUT2D eigenvalue weighted by atomic mass is 10.0. The van der Waals surface area contributed by atoms with Gasteiger partial charge in [0.15, 0.2) is 0 Å². The van der Waals surface area contributed by atoms with Crippen molar-refractivity contribution >= 4 is 23.8 Å². The summed E-state index contributed by atoms with van der Waals surface area (Å²) < 4.78 is 5.53. The topological polar surface area (TPSA) is 95.9 Å². The van der Waals surface area contributed by atoms with Gasteiger partial charge in [-0.3, -0.25) is 19.5 Å². The first kappa shape index (κ1) is 18.8. The lowest BCUT2D eigenvalue weighted by Crippen LogP contribution is -2.52. The molecule has 1 saturated carbocycles. The standard InChI is InChI=1S/C20H25N5O3/c1-13-12-28-9-8-25(13)17-5-6-21-11-16(17)23-20(27)15-4-7-22-18(10-15)24-19(26)14-2-3-14/h4,6-7,10-11,13-14,17H,2-3,5,8-9,12H2,1H3,(H,23,27)(H,22,24,26)/t13-,17?/m0/s1. The minimum Gasteiger partial charge on any atom is -0.379 e. The van der Waals surface area contributed by atoms with Gasteiger partial charge in [0.2, 0.25) is 5.91 Å². The Hall–Kier alpha value is -2.58. The number of carbonyl (C=O) groups excluding carboxylic acids is 2. The maximum Gasteiger partial charge on any atom is 0.255 e. The van der Waals surface area contributed by atoms with Crippen molar-refractivity contribution in [2.75, 3.05) is 25.1 Å². The fraction of sp³-hybridized carbons (Fsp3) is 0.500. The van der Waals surface area contributed by atoms with Crippen molar-refractivity contribution in [3.63, 3.8) is 0 Å². The highest BCUT2D eigenvalue weighted by Gasteiger charge is 2.31. The smallest absolute Gasteiger partial charge is 0.255 e. The molecular weight excluding hydrogens is 358 g/mol. The molecule has 0 bridgehead atoms. The van der Waals surface area contributed by atoms with Gasteiger partial charge in [-0.2, -0.15) is 0 Å². The molecule has 1 unspecified atom stereocenters. The van der Waals surface area contributed by atoms with Crippen molar-refractivity contribution in [2.45, 2.75) is 38.3 Å². The van der Waals surface area contributed by atoms with Crippen LogP contribution in [0.4, 0.5) is 5.82 Å². The van der Waals surface area contributed by atoms with Crippen molar-refractivity contribution < 1.29 is 14.3 Å². The minimum atomic E-state index is -0.237. The second kappa shape index (κ2) is 8.20. The Morgan fingerprint density at radius 2 is 2.14 bits per heavy atom. The van der Waals surface area contributed by atoms with Gasteiger partial charge in [0, 0.05) is 49.1 Å². The summed E-state index contributed by atoms with van der Waals surface area (Å²) in [6.07, 6.45) is 7.71. The predicted molar refractivity (Wildman–Crippen MR) is 105 cm³/mol. The fourth-order valence-electron chi connectivity index (χ4n) is 3.56. The summed E-state index contributed by atoms with van der Waals surface area (Å²) in [7, 11) is 0. The molecule has 8 heteroatoms. The Balaban J connectivity index is 1.45. The molecule has 1 aromatic heterocycles. The summed E-state index contributed by atoms with van der Waals surface area (Å²) in [5, 5.41) is 5.78. The van der Waals surface area contributed by atoms with Crippen LogP contribution in [0.15, 0.2) is 35.2 Å². The molecule has 0 aromatic carbocycles. The predicted octanol–water partition coefficient (Wildman–Crippen LogP) is 1.57. The van der Waals surface area contributed by atoms with Crippen molar-refractivity contribution in [2.24, 2.45) is 10.9 Å². The zero-order valence-electron chi connectivity index (χ0n) is 15.9. The van der Waals surface area contributed by atoms with Crippen LogP contribution in [-0.4, -0.2) is 59.8 Å². The number of morpholine rings is 1. The van der Waals surface area contributed by atoms with E-state index in [-0.39, 0.29) is 29.8 Å². The summed E-state index contributed by atoms with van der Waals surface area (Å²) in [4.78, 5) is 35.5. The monoisotopic (exact) mass is 383 g/mol. The maximum atomic E-state index is 12.8.